The van der Waals surface area contributed by atoms with Crippen molar-refractivity contribution in [1.82, 2.24) is 5.32 Å². The number of amides is 1. The number of hydrogen-bond donors (Lipinski definition) is 9. The largest absolute Gasteiger partial charge is 0.394 e. The number of carbonyl (C=O) groups is 1. The molecule has 1 amide bonds. The fourth-order valence-corrected chi connectivity index (χ4v) is 14.4. The molecule has 14 nitrogen and oxygen atoms in total. The fourth-order valence-electron chi connectivity index (χ4n) is 14.4. The van der Waals surface area contributed by atoms with Crippen molar-refractivity contribution < 1.29 is 64.6 Å². The average molecular weight is 1470 g/mol. The van der Waals surface area contributed by atoms with Gasteiger partial charge >= 0.3 is 0 Å². The summed E-state index contributed by atoms with van der Waals surface area (Å²) in [6, 6.07) is -0.941. The summed E-state index contributed by atoms with van der Waals surface area (Å²) in [6.07, 6.45) is 85.9. The maximum Gasteiger partial charge on any atom is 0.220 e. The van der Waals surface area contributed by atoms with E-state index in [2.05, 4.69) is 79.9 Å². The van der Waals surface area contributed by atoms with Crippen molar-refractivity contribution in [2.45, 2.75) is 473 Å². The van der Waals surface area contributed by atoms with Gasteiger partial charge in [-0.1, -0.05) is 382 Å². The number of unbranched alkanes of at least 4 members (excludes halogenated alkanes) is 52. The Morgan fingerprint density at radius 3 is 1.01 bits per heavy atom. The van der Waals surface area contributed by atoms with E-state index in [1.807, 2.05) is 6.08 Å². The van der Waals surface area contributed by atoms with Crippen LogP contribution in [0.25, 0.3) is 0 Å². The smallest absolute Gasteiger partial charge is 0.220 e. The number of nitrogens with one attached hydrogen (secondary N) is 1. The van der Waals surface area contributed by atoms with Gasteiger partial charge in [-0.05, 0) is 83.5 Å². The second-order valence-electron chi connectivity index (χ2n) is 31.0. The molecular weight excluding hydrogens is 1300 g/mol. The second kappa shape index (κ2) is 73.2. The van der Waals surface area contributed by atoms with Crippen LogP contribution < -0.4 is 5.32 Å². The van der Waals surface area contributed by atoms with Gasteiger partial charge < -0.3 is 65.1 Å². The molecule has 12 unspecified atom stereocenters. The normalized spacial score (nSPS) is 21.8. The van der Waals surface area contributed by atoms with Crippen molar-refractivity contribution in [3.63, 3.8) is 0 Å². The van der Waals surface area contributed by atoms with Gasteiger partial charge in [0, 0.05) is 6.42 Å². The lowest BCUT2D eigenvalue weighted by atomic mass is 9.97. The van der Waals surface area contributed by atoms with Gasteiger partial charge in [0.1, 0.15) is 48.8 Å². The minimum atomic E-state index is -1.80. The van der Waals surface area contributed by atoms with Crippen LogP contribution in [-0.2, 0) is 23.7 Å². The number of hydrogen-bond acceptors (Lipinski definition) is 13. The Labute approximate surface area is 638 Å². The molecule has 0 saturated carbocycles. The maximum atomic E-state index is 13.4. The van der Waals surface area contributed by atoms with E-state index in [0.29, 0.717) is 12.8 Å². The Bertz CT molecular complexity index is 2030. The summed E-state index contributed by atoms with van der Waals surface area (Å²) in [7, 11) is 0. The zero-order chi connectivity index (χ0) is 75.1. The van der Waals surface area contributed by atoms with Gasteiger partial charge in [-0.2, -0.15) is 0 Å². The third kappa shape index (κ3) is 54.9. The topological polar surface area (TPSA) is 228 Å². The minimum Gasteiger partial charge on any atom is -0.394 e. The minimum absolute atomic E-state index is 0.246. The highest BCUT2D eigenvalue weighted by atomic mass is 16.7. The monoisotopic (exact) mass is 1470 g/mol. The lowest BCUT2D eigenvalue weighted by molar-refractivity contribution is -0.359. The molecule has 0 spiro atoms. The van der Waals surface area contributed by atoms with E-state index in [9.17, 15) is 45.6 Å². The summed E-state index contributed by atoms with van der Waals surface area (Å²) in [5.74, 6) is -0.246. The first-order valence-corrected chi connectivity index (χ1v) is 44.2. The number of aliphatic hydroxyl groups is 8. The van der Waals surface area contributed by atoms with Gasteiger partial charge in [-0.15, -0.1) is 0 Å². The molecule has 9 N–H and O–H groups in total. The first-order valence-electron chi connectivity index (χ1n) is 44.2. The van der Waals surface area contributed by atoms with Crippen molar-refractivity contribution in [2.75, 3.05) is 19.8 Å². The molecule has 0 aromatic carbocycles. The van der Waals surface area contributed by atoms with Crippen LogP contribution in [0.5, 0.6) is 0 Å². The zero-order valence-electron chi connectivity index (χ0n) is 67.0. The summed E-state index contributed by atoms with van der Waals surface area (Å²) < 4.78 is 22.9. The highest BCUT2D eigenvalue weighted by molar-refractivity contribution is 5.76. The van der Waals surface area contributed by atoms with E-state index >= 15 is 0 Å². The molecule has 2 heterocycles. The number of allylic oxidation sites excluding steroid dienone is 11. The standard InChI is InChI=1S/C90H165NO13/c1-3-5-7-9-11-13-15-17-19-21-23-25-27-29-31-33-34-35-36-37-38-39-40-41-42-43-44-46-48-50-52-54-56-58-60-62-64-66-68-70-72-74-82(95)91-78(77-101-89-87(100)85(98)88(81(76-93)103-89)104-90-86(99)84(97)83(96)80(75-92)102-90)79(94)73-71-69-67-65-63-61-59-57-55-53-51-49-47-45-32-30-28-26-24-22-20-18-16-14-12-10-8-6-4-2/h15,17,21,23,27,29,55,57,63,65,71,73,78-81,83-90,92-94,96-100H,3-14,16,18-20,22,24-26,28,30-54,56,58-62,64,66-70,72,74-77H2,1-2H3,(H,91,95)/b17-15-,23-21-,29-27-,57-55+,65-63+,73-71+. The Morgan fingerprint density at radius 2 is 0.644 bits per heavy atom. The van der Waals surface area contributed by atoms with Crippen molar-refractivity contribution >= 4 is 5.91 Å². The third-order valence-electron chi connectivity index (χ3n) is 21.3. The molecule has 0 aromatic heterocycles. The SMILES string of the molecule is CCCCCCC/C=C\C/C=C\C/C=C\CCCCCCCCCCCCCCCCCCCCCCCCCCCCC(=O)NC(COC1OC(CO)C(OC2OC(CO)C(O)C(O)C2O)C(O)C1O)C(O)/C=C/CC/C=C/CC/C=C/CCCCCCCCCCCCCCCCCCCCC. The van der Waals surface area contributed by atoms with E-state index in [-0.39, 0.29) is 18.9 Å². The number of aliphatic hydroxyl groups excluding tert-OH is 8. The predicted molar refractivity (Wildman–Crippen MR) is 433 cm³/mol. The summed E-state index contributed by atoms with van der Waals surface area (Å²) in [4.78, 5) is 13.4. The van der Waals surface area contributed by atoms with Crippen molar-refractivity contribution in [3.8, 4) is 0 Å². The number of ether oxygens (including phenoxy) is 4. The lowest BCUT2D eigenvalue weighted by Gasteiger charge is -2.46. The molecule has 2 saturated heterocycles. The van der Waals surface area contributed by atoms with Gasteiger partial charge in [-0.25, -0.2) is 0 Å². The van der Waals surface area contributed by atoms with E-state index in [0.717, 1.165) is 57.8 Å². The van der Waals surface area contributed by atoms with Crippen LogP contribution in [0, 0.1) is 0 Å². The summed E-state index contributed by atoms with van der Waals surface area (Å²) >= 11 is 0. The van der Waals surface area contributed by atoms with E-state index in [1.54, 1.807) is 6.08 Å². The Kier molecular flexibility index (Phi) is 68.7. The van der Waals surface area contributed by atoms with Crippen molar-refractivity contribution in [1.29, 1.82) is 0 Å². The summed E-state index contributed by atoms with van der Waals surface area (Å²) in [5, 5.41) is 87.8. The molecule has 0 aliphatic carbocycles. The average Bonchev–Trinajstić information content (AvgIpc) is 0.789. The predicted octanol–water partition coefficient (Wildman–Crippen LogP) is 21.3. The maximum absolute atomic E-state index is 13.4. The van der Waals surface area contributed by atoms with Crippen molar-refractivity contribution in [3.05, 3.63) is 72.9 Å². The van der Waals surface area contributed by atoms with Gasteiger partial charge in [-0.3, -0.25) is 4.79 Å². The molecule has 0 bridgehead atoms. The van der Waals surface area contributed by atoms with Gasteiger partial charge in [0.05, 0.1) is 32.0 Å². The first kappa shape index (κ1) is 97.5. The van der Waals surface area contributed by atoms with Crippen LogP contribution in [0.4, 0.5) is 0 Å². The molecule has 0 radical (unpaired) electrons. The summed E-state index contributed by atoms with van der Waals surface area (Å²) in [6.45, 7) is 2.82. The van der Waals surface area contributed by atoms with Gasteiger partial charge in [0.25, 0.3) is 0 Å². The number of carbonyl (C=O) groups excluding carboxylic acids is 1. The molecule has 2 aliphatic heterocycles. The van der Waals surface area contributed by atoms with Crippen LogP contribution >= 0.6 is 0 Å². The Balaban J connectivity index is 1.57. The van der Waals surface area contributed by atoms with E-state index in [4.69, 9.17) is 18.9 Å². The van der Waals surface area contributed by atoms with Crippen LogP contribution in [0.1, 0.15) is 399 Å². The van der Waals surface area contributed by atoms with Crippen LogP contribution in [0.2, 0.25) is 0 Å². The quantitative estimate of drug-likeness (QED) is 0.0204. The van der Waals surface area contributed by atoms with Crippen LogP contribution in [0.15, 0.2) is 72.9 Å². The van der Waals surface area contributed by atoms with E-state index < -0.39 is 86.8 Å². The molecule has 104 heavy (non-hydrogen) atoms. The van der Waals surface area contributed by atoms with Crippen LogP contribution in [0.3, 0.4) is 0 Å². The fraction of sp³-hybridized carbons (Fsp3) is 0.856. The second-order valence-corrected chi connectivity index (χ2v) is 31.0. The molecule has 0 aromatic rings. The molecular formula is C90H165NO13. The Morgan fingerprint density at radius 1 is 0.346 bits per heavy atom. The zero-order valence-corrected chi connectivity index (χ0v) is 67.0. The molecule has 608 valence electrons. The first-order chi connectivity index (χ1) is 51.1. The molecule has 12 atom stereocenters. The number of rotatable bonds is 75. The molecule has 2 aliphatic rings. The highest BCUT2D eigenvalue weighted by Crippen LogP contribution is 2.30. The lowest BCUT2D eigenvalue weighted by Crippen LogP contribution is -2.65. The van der Waals surface area contributed by atoms with E-state index in [1.165, 1.54) is 308 Å². The van der Waals surface area contributed by atoms with Crippen molar-refractivity contribution in [2.24, 2.45) is 0 Å². The Hall–Kier alpha value is -2.57. The molecule has 2 fully saturated rings. The third-order valence-corrected chi connectivity index (χ3v) is 21.3. The molecule has 14 heteroatoms. The summed E-state index contributed by atoms with van der Waals surface area (Å²) in [5.41, 5.74) is 0. The van der Waals surface area contributed by atoms with Crippen LogP contribution in [-0.4, -0.2) is 140 Å². The molecule has 2 rings (SSSR count). The van der Waals surface area contributed by atoms with Gasteiger partial charge in [0.15, 0.2) is 12.6 Å². The highest BCUT2D eigenvalue weighted by Gasteiger charge is 2.51. The van der Waals surface area contributed by atoms with Gasteiger partial charge in [0.2, 0.25) is 5.91 Å².